The average Bonchev–Trinajstić information content (AvgIpc) is 2.71. The molecule has 0 atom stereocenters. The SMILES string of the molecule is O=C(c1cc(F)ccc1Br)N1CCCNc2ccccc21. The molecule has 0 fully saturated rings. The summed E-state index contributed by atoms with van der Waals surface area (Å²) in [5.41, 5.74) is 2.10. The van der Waals surface area contributed by atoms with E-state index in [-0.39, 0.29) is 5.91 Å². The lowest BCUT2D eigenvalue weighted by Crippen LogP contribution is -2.31. The van der Waals surface area contributed by atoms with Crippen molar-refractivity contribution in [3.05, 3.63) is 58.3 Å². The van der Waals surface area contributed by atoms with Gasteiger partial charge < -0.3 is 10.2 Å². The third-order valence-corrected chi connectivity index (χ3v) is 4.16. The van der Waals surface area contributed by atoms with Crippen LogP contribution in [0.1, 0.15) is 16.8 Å². The molecule has 1 amide bonds. The van der Waals surface area contributed by atoms with Gasteiger partial charge in [0.05, 0.1) is 16.9 Å². The summed E-state index contributed by atoms with van der Waals surface area (Å²) < 4.78 is 14.0. The Hall–Kier alpha value is -1.88. The van der Waals surface area contributed by atoms with Gasteiger partial charge in [0.2, 0.25) is 0 Å². The van der Waals surface area contributed by atoms with Crippen LogP contribution in [0.3, 0.4) is 0 Å². The van der Waals surface area contributed by atoms with Gasteiger partial charge in [-0.3, -0.25) is 4.79 Å². The second-order valence-electron chi connectivity index (χ2n) is 4.88. The first-order valence-corrected chi connectivity index (χ1v) is 7.56. The van der Waals surface area contributed by atoms with Crippen molar-refractivity contribution in [2.45, 2.75) is 6.42 Å². The number of halogens is 2. The molecular formula is C16H14BrFN2O. The van der Waals surface area contributed by atoms with Gasteiger partial charge in [-0.15, -0.1) is 0 Å². The molecule has 0 bridgehead atoms. The minimum absolute atomic E-state index is 0.197. The first-order valence-electron chi connectivity index (χ1n) is 6.76. The highest BCUT2D eigenvalue weighted by atomic mass is 79.9. The van der Waals surface area contributed by atoms with Gasteiger partial charge in [-0.25, -0.2) is 4.39 Å². The number of nitrogens with zero attached hydrogens (tertiary/aromatic N) is 1. The van der Waals surface area contributed by atoms with Crippen LogP contribution in [-0.4, -0.2) is 19.0 Å². The highest BCUT2D eigenvalue weighted by Crippen LogP contribution is 2.30. The third-order valence-electron chi connectivity index (χ3n) is 3.47. The molecule has 3 rings (SSSR count). The number of nitrogens with one attached hydrogen (secondary N) is 1. The maximum Gasteiger partial charge on any atom is 0.259 e. The quantitative estimate of drug-likeness (QED) is 0.843. The van der Waals surface area contributed by atoms with E-state index in [4.69, 9.17) is 0 Å². The van der Waals surface area contributed by atoms with Crippen LogP contribution >= 0.6 is 15.9 Å². The number of amides is 1. The summed E-state index contributed by atoms with van der Waals surface area (Å²) in [4.78, 5) is 14.5. The molecule has 108 valence electrons. The first kappa shape index (κ1) is 14.1. The Labute approximate surface area is 130 Å². The number of anilines is 2. The lowest BCUT2D eigenvalue weighted by atomic mass is 10.1. The van der Waals surface area contributed by atoms with E-state index in [9.17, 15) is 9.18 Å². The van der Waals surface area contributed by atoms with E-state index in [1.807, 2.05) is 24.3 Å². The van der Waals surface area contributed by atoms with Crippen LogP contribution < -0.4 is 10.2 Å². The van der Waals surface area contributed by atoms with Gasteiger partial charge in [0.1, 0.15) is 5.82 Å². The Balaban J connectivity index is 2.03. The summed E-state index contributed by atoms with van der Waals surface area (Å²) in [6.07, 6.45) is 0.841. The Kier molecular flexibility index (Phi) is 3.92. The molecule has 21 heavy (non-hydrogen) atoms. The number of benzene rings is 2. The fourth-order valence-corrected chi connectivity index (χ4v) is 2.87. The van der Waals surface area contributed by atoms with Crippen LogP contribution in [0, 0.1) is 5.82 Å². The zero-order valence-corrected chi connectivity index (χ0v) is 12.9. The summed E-state index contributed by atoms with van der Waals surface area (Å²) in [7, 11) is 0. The fourth-order valence-electron chi connectivity index (χ4n) is 2.46. The number of hydrogen-bond acceptors (Lipinski definition) is 2. The van der Waals surface area contributed by atoms with Crippen molar-refractivity contribution in [1.82, 2.24) is 0 Å². The van der Waals surface area contributed by atoms with E-state index in [2.05, 4.69) is 21.2 Å². The molecule has 0 saturated carbocycles. The van der Waals surface area contributed by atoms with Gasteiger partial charge in [-0.05, 0) is 52.7 Å². The van der Waals surface area contributed by atoms with Crippen LogP contribution in [0.2, 0.25) is 0 Å². The molecule has 1 aliphatic heterocycles. The zero-order chi connectivity index (χ0) is 14.8. The highest BCUT2D eigenvalue weighted by molar-refractivity contribution is 9.10. The number of rotatable bonds is 1. The Morgan fingerprint density at radius 3 is 2.90 bits per heavy atom. The van der Waals surface area contributed by atoms with E-state index in [0.717, 1.165) is 24.3 Å². The molecule has 0 aromatic heterocycles. The second kappa shape index (κ2) is 5.85. The number of para-hydroxylation sites is 2. The van der Waals surface area contributed by atoms with Gasteiger partial charge in [0, 0.05) is 17.6 Å². The van der Waals surface area contributed by atoms with Crippen LogP contribution in [0.25, 0.3) is 0 Å². The predicted molar refractivity (Wildman–Crippen MR) is 85.3 cm³/mol. The molecule has 0 radical (unpaired) electrons. The number of fused-ring (bicyclic) bond motifs is 1. The Morgan fingerprint density at radius 1 is 1.24 bits per heavy atom. The summed E-state index contributed by atoms with van der Waals surface area (Å²) in [6, 6.07) is 11.8. The van der Waals surface area contributed by atoms with E-state index in [1.165, 1.54) is 12.1 Å². The molecule has 1 N–H and O–H groups in total. The monoisotopic (exact) mass is 348 g/mol. The lowest BCUT2D eigenvalue weighted by molar-refractivity contribution is 0.0986. The van der Waals surface area contributed by atoms with E-state index < -0.39 is 5.82 Å². The maximum absolute atomic E-state index is 13.4. The van der Waals surface area contributed by atoms with Crippen molar-refractivity contribution >= 4 is 33.2 Å². The van der Waals surface area contributed by atoms with Gasteiger partial charge in [0.25, 0.3) is 5.91 Å². The maximum atomic E-state index is 13.4. The van der Waals surface area contributed by atoms with Gasteiger partial charge >= 0.3 is 0 Å². The molecule has 0 unspecified atom stereocenters. The van der Waals surface area contributed by atoms with Crippen molar-refractivity contribution in [2.24, 2.45) is 0 Å². The number of hydrogen-bond donors (Lipinski definition) is 1. The van der Waals surface area contributed by atoms with E-state index >= 15 is 0 Å². The first-order chi connectivity index (χ1) is 10.2. The van der Waals surface area contributed by atoms with E-state index in [0.29, 0.717) is 16.6 Å². The summed E-state index contributed by atoms with van der Waals surface area (Å²) in [5, 5.41) is 3.31. The van der Waals surface area contributed by atoms with Crippen LogP contribution in [0.4, 0.5) is 15.8 Å². The molecule has 1 aliphatic rings. The van der Waals surface area contributed by atoms with Gasteiger partial charge in [-0.1, -0.05) is 12.1 Å². The fraction of sp³-hybridized carbons (Fsp3) is 0.188. The minimum Gasteiger partial charge on any atom is -0.383 e. The standard InChI is InChI=1S/C16H14BrFN2O/c17-13-7-6-11(18)10-12(13)16(21)20-9-3-8-19-14-4-1-2-5-15(14)20/h1-2,4-7,10,19H,3,8-9H2. The van der Waals surface area contributed by atoms with Crippen molar-refractivity contribution in [3.63, 3.8) is 0 Å². The van der Waals surface area contributed by atoms with Crippen LogP contribution in [0.15, 0.2) is 46.9 Å². The molecule has 5 heteroatoms. The normalized spacial score (nSPS) is 14.1. The molecule has 2 aromatic carbocycles. The predicted octanol–water partition coefficient (Wildman–Crippen LogP) is 4.05. The summed E-state index contributed by atoms with van der Waals surface area (Å²) in [6.45, 7) is 1.41. The largest absolute Gasteiger partial charge is 0.383 e. The van der Waals surface area contributed by atoms with Crippen molar-refractivity contribution in [2.75, 3.05) is 23.3 Å². The minimum atomic E-state index is -0.414. The summed E-state index contributed by atoms with van der Waals surface area (Å²) in [5.74, 6) is -0.611. The molecule has 3 nitrogen and oxygen atoms in total. The number of carbonyl (C=O) groups is 1. The lowest BCUT2D eigenvalue weighted by Gasteiger charge is -2.23. The Bertz CT molecular complexity index is 690. The summed E-state index contributed by atoms with van der Waals surface area (Å²) >= 11 is 3.33. The molecule has 0 spiro atoms. The van der Waals surface area contributed by atoms with Crippen LogP contribution in [-0.2, 0) is 0 Å². The molecular weight excluding hydrogens is 335 g/mol. The van der Waals surface area contributed by atoms with Crippen molar-refractivity contribution < 1.29 is 9.18 Å². The third kappa shape index (κ3) is 2.78. The smallest absolute Gasteiger partial charge is 0.259 e. The zero-order valence-electron chi connectivity index (χ0n) is 11.3. The van der Waals surface area contributed by atoms with E-state index in [1.54, 1.807) is 11.0 Å². The molecule has 2 aromatic rings. The van der Waals surface area contributed by atoms with Crippen molar-refractivity contribution in [1.29, 1.82) is 0 Å². The molecule has 1 heterocycles. The topological polar surface area (TPSA) is 32.3 Å². The number of carbonyl (C=O) groups excluding carboxylic acids is 1. The van der Waals surface area contributed by atoms with Gasteiger partial charge in [-0.2, -0.15) is 0 Å². The van der Waals surface area contributed by atoms with Crippen molar-refractivity contribution in [3.8, 4) is 0 Å². The highest BCUT2D eigenvalue weighted by Gasteiger charge is 2.23. The van der Waals surface area contributed by atoms with Crippen LogP contribution in [0.5, 0.6) is 0 Å². The molecule has 0 aliphatic carbocycles. The van der Waals surface area contributed by atoms with Gasteiger partial charge in [0.15, 0.2) is 0 Å². The second-order valence-corrected chi connectivity index (χ2v) is 5.73. The Morgan fingerprint density at radius 2 is 2.05 bits per heavy atom. The molecule has 0 saturated heterocycles. The average molecular weight is 349 g/mol.